The molecule has 0 radical (unpaired) electrons. The van der Waals surface area contributed by atoms with Gasteiger partial charge in [0.25, 0.3) is 0 Å². The summed E-state index contributed by atoms with van der Waals surface area (Å²) in [7, 11) is 0. The number of anilines is 2. The summed E-state index contributed by atoms with van der Waals surface area (Å²) < 4.78 is 0. The van der Waals surface area contributed by atoms with Crippen molar-refractivity contribution in [2.45, 2.75) is 26.2 Å². The minimum Gasteiger partial charge on any atom is -0.395 e. The van der Waals surface area contributed by atoms with Crippen molar-refractivity contribution < 1.29 is 5.11 Å². The van der Waals surface area contributed by atoms with Crippen molar-refractivity contribution in [2.75, 3.05) is 50.0 Å². The Kier molecular flexibility index (Phi) is 5.14. The molecular weight excluding hydrogens is 254 g/mol. The van der Waals surface area contributed by atoms with Gasteiger partial charge in [0.1, 0.15) is 17.5 Å². The number of nitrogens with zero attached hydrogens (tertiary/aromatic N) is 4. The Bertz CT molecular complexity index is 438. The molecule has 112 valence electrons. The van der Waals surface area contributed by atoms with E-state index in [2.05, 4.69) is 33.6 Å². The molecule has 0 saturated carbocycles. The highest BCUT2D eigenvalue weighted by atomic mass is 16.3. The average molecular weight is 279 g/mol. The maximum atomic E-state index is 9.03. The van der Waals surface area contributed by atoms with Crippen LogP contribution in [0.1, 0.15) is 32.0 Å². The summed E-state index contributed by atoms with van der Waals surface area (Å²) in [5, 5.41) is 9.03. The number of hydrogen-bond donors (Lipinski definition) is 2. The molecule has 1 aliphatic rings. The number of β-amino-alcohol motifs (C(OH)–C–C–N with tert-alkyl or cyclic N) is 1. The number of aromatic nitrogens is 2. The van der Waals surface area contributed by atoms with Gasteiger partial charge in [-0.3, -0.25) is 4.90 Å². The molecule has 1 fully saturated rings. The highest BCUT2D eigenvalue weighted by Gasteiger charge is 2.17. The fraction of sp³-hybridized carbons (Fsp3) is 0.714. The number of aliphatic hydroxyl groups excluding tert-OH is 1. The second kappa shape index (κ2) is 6.85. The Balaban J connectivity index is 2.11. The smallest absolute Gasteiger partial charge is 0.135 e. The molecule has 0 atom stereocenters. The number of nitrogens with two attached hydrogens (primary N) is 1. The largest absolute Gasteiger partial charge is 0.395 e. The van der Waals surface area contributed by atoms with Crippen LogP contribution >= 0.6 is 0 Å². The monoisotopic (exact) mass is 279 g/mol. The summed E-state index contributed by atoms with van der Waals surface area (Å²) in [4.78, 5) is 13.5. The molecule has 0 amide bonds. The first-order chi connectivity index (χ1) is 9.60. The van der Waals surface area contributed by atoms with Crippen LogP contribution in [-0.4, -0.2) is 59.3 Å². The molecule has 6 heteroatoms. The van der Waals surface area contributed by atoms with Crippen molar-refractivity contribution in [2.24, 2.45) is 0 Å². The predicted octanol–water partition coefficient (Wildman–Crippen LogP) is 0.687. The molecule has 2 heterocycles. The standard InChI is InChI=1S/C14H25N5O/c1-11(2)14-16-12(15)10-13(17-14)19-5-3-4-18(6-7-19)8-9-20/h10-11,20H,3-9H2,1-2H3,(H2,15,16,17). The lowest BCUT2D eigenvalue weighted by molar-refractivity contribution is 0.204. The summed E-state index contributed by atoms with van der Waals surface area (Å²) in [5.74, 6) is 2.54. The zero-order chi connectivity index (χ0) is 14.5. The van der Waals surface area contributed by atoms with Crippen LogP contribution in [0.3, 0.4) is 0 Å². The van der Waals surface area contributed by atoms with E-state index in [1.807, 2.05) is 6.07 Å². The lowest BCUT2D eigenvalue weighted by Gasteiger charge is -2.23. The van der Waals surface area contributed by atoms with Crippen LogP contribution < -0.4 is 10.6 Å². The molecule has 0 aliphatic carbocycles. The summed E-state index contributed by atoms with van der Waals surface area (Å²) in [6.07, 6.45) is 1.07. The van der Waals surface area contributed by atoms with Crippen LogP contribution in [-0.2, 0) is 0 Å². The number of rotatable bonds is 4. The van der Waals surface area contributed by atoms with Crippen LogP contribution in [0, 0.1) is 0 Å². The van der Waals surface area contributed by atoms with Crippen molar-refractivity contribution in [1.82, 2.24) is 14.9 Å². The van der Waals surface area contributed by atoms with E-state index in [0.29, 0.717) is 5.82 Å². The fourth-order valence-electron chi connectivity index (χ4n) is 2.46. The third-order valence-corrected chi connectivity index (χ3v) is 3.59. The molecule has 1 saturated heterocycles. The fourth-order valence-corrected chi connectivity index (χ4v) is 2.46. The van der Waals surface area contributed by atoms with Crippen LogP contribution in [0.5, 0.6) is 0 Å². The molecule has 0 unspecified atom stereocenters. The maximum absolute atomic E-state index is 9.03. The van der Waals surface area contributed by atoms with Gasteiger partial charge in [-0.05, 0) is 13.0 Å². The minimum atomic E-state index is 0.220. The Morgan fingerprint density at radius 3 is 2.75 bits per heavy atom. The zero-order valence-electron chi connectivity index (χ0n) is 12.4. The molecule has 3 N–H and O–H groups in total. The lowest BCUT2D eigenvalue weighted by atomic mass is 10.2. The van der Waals surface area contributed by atoms with Gasteiger partial charge in [0, 0.05) is 38.2 Å². The maximum Gasteiger partial charge on any atom is 0.135 e. The van der Waals surface area contributed by atoms with Crippen molar-refractivity contribution in [1.29, 1.82) is 0 Å². The van der Waals surface area contributed by atoms with Gasteiger partial charge in [0.15, 0.2) is 0 Å². The average Bonchev–Trinajstić information content (AvgIpc) is 2.64. The van der Waals surface area contributed by atoms with E-state index in [1.54, 1.807) is 0 Å². The summed E-state index contributed by atoms with van der Waals surface area (Å²) >= 11 is 0. The number of aliphatic hydroxyl groups is 1. The first kappa shape index (κ1) is 15.0. The zero-order valence-corrected chi connectivity index (χ0v) is 12.4. The van der Waals surface area contributed by atoms with Gasteiger partial charge in [-0.15, -0.1) is 0 Å². The van der Waals surface area contributed by atoms with E-state index in [1.165, 1.54) is 0 Å². The number of hydrogen-bond acceptors (Lipinski definition) is 6. The van der Waals surface area contributed by atoms with Crippen molar-refractivity contribution >= 4 is 11.6 Å². The van der Waals surface area contributed by atoms with E-state index in [4.69, 9.17) is 10.8 Å². The van der Waals surface area contributed by atoms with Crippen LogP contribution in [0.2, 0.25) is 0 Å². The SMILES string of the molecule is CC(C)c1nc(N)cc(N2CCCN(CCO)CC2)n1. The van der Waals surface area contributed by atoms with Gasteiger partial charge in [0.05, 0.1) is 6.61 Å². The molecule has 1 aliphatic heterocycles. The first-order valence-electron chi connectivity index (χ1n) is 7.32. The Morgan fingerprint density at radius 1 is 1.25 bits per heavy atom. The molecule has 1 aromatic heterocycles. The minimum absolute atomic E-state index is 0.220. The van der Waals surface area contributed by atoms with Gasteiger partial charge in [0.2, 0.25) is 0 Å². The normalized spacial score (nSPS) is 17.5. The van der Waals surface area contributed by atoms with Crippen molar-refractivity contribution in [3.8, 4) is 0 Å². The Labute approximate surface area is 120 Å². The van der Waals surface area contributed by atoms with Crippen LogP contribution in [0.4, 0.5) is 11.6 Å². The lowest BCUT2D eigenvalue weighted by Crippen LogP contribution is -2.33. The molecule has 0 bridgehead atoms. The van der Waals surface area contributed by atoms with Crippen molar-refractivity contribution in [3.63, 3.8) is 0 Å². The molecule has 0 aromatic carbocycles. The summed E-state index contributed by atoms with van der Waals surface area (Å²) in [6.45, 7) is 8.96. The molecule has 2 rings (SSSR count). The van der Waals surface area contributed by atoms with E-state index in [0.717, 1.165) is 50.8 Å². The molecule has 6 nitrogen and oxygen atoms in total. The summed E-state index contributed by atoms with van der Waals surface area (Å²) in [6, 6.07) is 1.85. The first-order valence-corrected chi connectivity index (χ1v) is 7.32. The summed E-state index contributed by atoms with van der Waals surface area (Å²) in [5.41, 5.74) is 5.90. The highest BCUT2D eigenvalue weighted by Crippen LogP contribution is 2.19. The quantitative estimate of drug-likeness (QED) is 0.844. The predicted molar refractivity (Wildman–Crippen MR) is 80.9 cm³/mol. The van der Waals surface area contributed by atoms with E-state index >= 15 is 0 Å². The Hall–Kier alpha value is -1.40. The number of nitrogen functional groups attached to an aromatic ring is 1. The second-order valence-electron chi connectivity index (χ2n) is 5.57. The van der Waals surface area contributed by atoms with E-state index < -0.39 is 0 Å². The van der Waals surface area contributed by atoms with Gasteiger partial charge in [-0.2, -0.15) is 0 Å². The third kappa shape index (κ3) is 3.80. The van der Waals surface area contributed by atoms with Crippen molar-refractivity contribution in [3.05, 3.63) is 11.9 Å². The molecular formula is C14H25N5O. The highest BCUT2D eigenvalue weighted by molar-refractivity contribution is 5.47. The second-order valence-corrected chi connectivity index (χ2v) is 5.57. The molecule has 20 heavy (non-hydrogen) atoms. The van der Waals surface area contributed by atoms with E-state index in [9.17, 15) is 0 Å². The Morgan fingerprint density at radius 2 is 2.05 bits per heavy atom. The van der Waals surface area contributed by atoms with E-state index in [-0.39, 0.29) is 12.5 Å². The van der Waals surface area contributed by atoms with Gasteiger partial charge in [-0.25, -0.2) is 9.97 Å². The van der Waals surface area contributed by atoms with Crippen LogP contribution in [0.25, 0.3) is 0 Å². The van der Waals surface area contributed by atoms with Gasteiger partial charge in [-0.1, -0.05) is 13.8 Å². The van der Waals surface area contributed by atoms with Crippen LogP contribution in [0.15, 0.2) is 6.07 Å². The third-order valence-electron chi connectivity index (χ3n) is 3.59. The molecule has 0 spiro atoms. The topological polar surface area (TPSA) is 78.5 Å². The van der Waals surface area contributed by atoms with Gasteiger partial charge < -0.3 is 15.7 Å². The van der Waals surface area contributed by atoms with Gasteiger partial charge >= 0.3 is 0 Å². The molecule has 1 aromatic rings.